The molecule has 1 amide bonds. The predicted octanol–water partition coefficient (Wildman–Crippen LogP) is 0.549. The third-order valence-electron chi connectivity index (χ3n) is 3.21. The van der Waals surface area contributed by atoms with Gasteiger partial charge in [-0.3, -0.25) is 4.79 Å². The van der Waals surface area contributed by atoms with Crippen molar-refractivity contribution in [2.75, 3.05) is 32.7 Å². The minimum atomic E-state index is -3.57. The summed E-state index contributed by atoms with van der Waals surface area (Å²) in [5.41, 5.74) is 0. The van der Waals surface area contributed by atoms with E-state index in [1.165, 1.54) is 12.1 Å². The van der Waals surface area contributed by atoms with E-state index in [1.807, 2.05) is 0 Å². The number of piperazine rings is 1. The second-order valence-electron chi connectivity index (χ2n) is 4.74. The van der Waals surface area contributed by atoms with Gasteiger partial charge in [-0.25, -0.2) is 13.1 Å². The van der Waals surface area contributed by atoms with Crippen LogP contribution >= 0.6 is 15.9 Å². The quantitative estimate of drug-likeness (QED) is 0.787. The van der Waals surface area contributed by atoms with E-state index in [0.29, 0.717) is 17.6 Å². The van der Waals surface area contributed by atoms with Crippen molar-refractivity contribution in [1.29, 1.82) is 0 Å². The molecule has 0 atom stereocenters. The first kappa shape index (κ1) is 16.4. The molecule has 1 aliphatic heterocycles. The number of halogens is 1. The molecule has 2 rings (SSSR count). The number of nitrogens with zero attached hydrogens (tertiary/aromatic N) is 1. The summed E-state index contributed by atoms with van der Waals surface area (Å²) in [4.78, 5) is 13.9. The lowest BCUT2D eigenvalue weighted by atomic mass is 10.3. The third kappa shape index (κ3) is 4.77. The van der Waals surface area contributed by atoms with Crippen LogP contribution in [-0.2, 0) is 14.8 Å². The summed E-state index contributed by atoms with van der Waals surface area (Å²) in [7, 11) is -3.57. The standard InChI is InChI=1S/C13H18BrN3O3S/c14-11-2-1-3-12(10-11)21(19,20)16-5-4-13(18)17-8-6-15-7-9-17/h1-3,10,15-16H,4-9H2. The summed E-state index contributed by atoms with van der Waals surface area (Å²) >= 11 is 3.24. The van der Waals surface area contributed by atoms with Gasteiger partial charge in [0.1, 0.15) is 0 Å². The van der Waals surface area contributed by atoms with Gasteiger partial charge in [-0.15, -0.1) is 0 Å². The van der Waals surface area contributed by atoms with Crippen molar-refractivity contribution in [3.8, 4) is 0 Å². The van der Waals surface area contributed by atoms with Gasteiger partial charge in [-0.2, -0.15) is 0 Å². The number of nitrogens with one attached hydrogen (secondary N) is 2. The number of hydrogen-bond acceptors (Lipinski definition) is 4. The predicted molar refractivity (Wildman–Crippen MR) is 83.4 cm³/mol. The zero-order valence-electron chi connectivity index (χ0n) is 11.5. The largest absolute Gasteiger partial charge is 0.340 e. The number of rotatable bonds is 5. The molecular weight excluding hydrogens is 358 g/mol. The molecule has 0 aliphatic carbocycles. The number of hydrogen-bond donors (Lipinski definition) is 2. The van der Waals surface area contributed by atoms with E-state index >= 15 is 0 Å². The zero-order chi connectivity index (χ0) is 15.3. The lowest BCUT2D eigenvalue weighted by molar-refractivity contribution is -0.131. The molecular formula is C13H18BrN3O3S. The smallest absolute Gasteiger partial charge is 0.240 e. The summed E-state index contributed by atoms with van der Waals surface area (Å²) in [6.07, 6.45) is 0.174. The lowest BCUT2D eigenvalue weighted by Gasteiger charge is -2.27. The molecule has 0 unspecified atom stereocenters. The Morgan fingerprint density at radius 3 is 2.71 bits per heavy atom. The van der Waals surface area contributed by atoms with E-state index in [0.717, 1.165) is 13.1 Å². The molecule has 6 nitrogen and oxygen atoms in total. The first-order valence-electron chi connectivity index (χ1n) is 6.73. The van der Waals surface area contributed by atoms with Crippen molar-refractivity contribution in [2.24, 2.45) is 0 Å². The maximum atomic E-state index is 12.1. The maximum Gasteiger partial charge on any atom is 0.240 e. The first-order valence-corrected chi connectivity index (χ1v) is 9.00. The molecule has 8 heteroatoms. The number of benzene rings is 1. The SMILES string of the molecule is O=C(CCNS(=O)(=O)c1cccc(Br)c1)N1CCNCC1. The molecule has 21 heavy (non-hydrogen) atoms. The zero-order valence-corrected chi connectivity index (χ0v) is 13.9. The van der Waals surface area contributed by atoms with Gasteiger partial charge < -0.3 is 10.2 Å². The summed E-state index contributed by atoms with van der Waals surface area (Å²) < 4.78 is 27.3. The van der Waals surface area contributed by atoms with Crippen LogP contribution in [0.15, 0.2) is 33.6 Å². The van der Waals surface area contributed by atoms with E-state index in [1.54, 1.807) is 17.0 Å². The van der Waals surface area contributed by atoms with Crippen LogP contribution in [-0.4, -0.2) is 51.9 Å². The number of sulfonamides is 1. The van der Waals surface area contributed by atoms with Crippen LogP contribution in [0.5, 0.6) is 0 Å². The molecule has 1 aromatic rings. The Bertz CT molecular complexity index is 600. The maximum absolute atomic E-state index is 12.1. The molecule has 116 valence electrons. The van der Waals surface area contributed by atoms with Crippen LogP contribution in [0.2, 0.25) is 0 Å². The van der Waals surface area contributed by atoms with Gasteiger partial charge in [-0.1, -0.05) is 22.0 Å². The molecule has 0 saturated carbocycles. The lowest BCUT2D eigenvalue weighted by Crippen LogP contribution is -2.47. The molecule has 1 aromatic carbocycles. The fraction of sp³-hybridized carbons (Fsp3) is 0.462. The van der Waals surface area contributed by atoms with Crippen LogP contribution in [0.3, 0.4) is 0 Å². The molecule has 1 aliphatic rings. The van der Waals surface area contributed by atoms with Crippen molar-refractivity contribution < 1.29 is 13.2 Å². The van der Waals surface area contributed by atoms with Crippen molar-refractivity contribution in [3.05, 3.63) is 28.7 Å². The highest BCUT2D eigenvalue weighted by molar-refractivity contribution is 9.10. The summed E-state index contributed by atoms with van der Waals surface area (Å²) in [5, 5.41) is 3.17. The van der Waals surface area contributed by atoms with E-state index in [-0.39, 0.29) is 23.8 Å². The second-order valence-corrected chi connectivity index (χ2v) is 7.42. The van der Waals surface area contributed by atoms with Gasteiger partial charge in [0.25, 0.3) is 0 Å². The fourth-order valence-corrected chi connectivity index (χ4v) is 3.71. The van der Waals surface area contributed by atoms with Crippen LogP contribution in [0, 0.1) is 0 Å². The van der Waals surface area contributed by atoms with Gasteiger partial charge >= 0.3 is 0 Å². The van der Waals surface area contributed by atoms with Gasteiger partial charge in [0.15, 0.2) is 0 Å². The van der Waals surface area contributed by atoms with Crippen molar-refractivity contribution in [2.45, 2.75) is 11.3 Å². The van der Waals surface area contributed by atoms with Crippen LogP contribution in [0.1, 0.15) is 6.42 Å². The van der Waals surface area contributed by atoms with Gasteiger partial charge in [0, 0.05) is 43.6 Å². The molecule has 0 radical (unpaired) electrons. The minimum Gasteiger partial charge on any atom is -0.340 e. The summed E-state index contributed by atoms with van der Waals surface area (Å²) in [5.74, 6) is -0.0200. The molecule has 1 saturated heterocycles. The average Bonchev–Trinajstić information content (AvgIpc) is 2.48. The highest BCUT2D eigenvalue weighted by atomic mass is 79.9. The van der Waals surface area contributed by atoms with E-state index in [2.05, 4.69) is 26.0 Å². The molecule has 1 heterocycles. The summed E-state index contributed by atoms with van der Waals surface area (Å²) in [6, 6.07) is 6.46. The minimum absolute atomic E-state index is 0.0200. The number of carbonyl (C=O) groups is 1. The Kier molecular flexibility index (Phi) is 5.74. The molecule has 2 N–H and O–H groups in total. The van der Waals surface area contributed by atoms with Crippen molar-refractivity contribution in [3.63, 3.8) is 0 Å². The Balaban J connectivity index is 1.86. The third-order valence-corrected chi connectivity index (χ3v) is 5.16. The highest BCUT2D eigenvalue weighted by Gasteiger charge is 2.18. The van der Waals surface area contributed by atoms with Crippen LogP contribution in [0.25, 0.3) is 0 Å². The highest BCUT2D eigenvalue weighted by Crippen LogP contribution is 2.15. The average molecular weight is 376 g/mol. The number of carbonyl (C=O) groups excluding carboxylic acids is 1. The van der Waals surface area contributed by atoms with Crippen molar-refractivity contribution >= 4 is 31.9 Å². The Morgan fingerprint density at radius 1 is 1.33 bits per heavy atom. The normalized spacial score (nSPS) is 16.0. The van der Waals surface area contributed by atoms with Crippen LogP contribution in [0.4, 0.5) is 0 Å². The van der Waals surface area contributed by atoms with Crippen molar-refractivity contribution in [1.82, 2.24) is 14.9 Å². The Morgan fingerprint density at radius 2 is 2.05 bits per heavy atom. The van der Waals surface area contributed by atoms with Crippen LogP contribution < -0.4 is 10.0 Å². The van der Waals surface area contributed by atoms with Gasteiger partial charge in [0.2, 0.25) is 15.9 Å². The van der Waals surface area contributed by atoms with Gasteiger partial charge in [0.05, 0.1) is 4.90 Å². The topological polar surface area (TPSA) is 78.5 Å². The Hall–Kier alpha value is -0.960. The van der Waals surface area contributed by atoms with E-state index in [4.69, 9.17) is 0 Å². The monoisotopic (exact) mass is 375 g/mol. The molecule has 0 spiro atoms. The Labute approximate surface area is 133 Å². The van der Waals surface area contributed by atoms with Gasteiger partial charge in [-0.05, 0) is 18.2 Å². The molecule has 0 aromatic heterocycles. The van der Waals surface area contributed by atoms with E-state index in [9.17, 15) is 13.2 Å². The fourth-order valence-electron chi connectivity index (χ4n) is 2.08. The van der Waals surface area contributed by atoms with E-state index < -0.39 is 10.0 Å². The molecule has 1 fully saturated rings. The summed E-state index contributed by atoms with van der Waals surface area (Å²) in [6.45, 7) is 3.04. The number of amides is 1. The first-order chi connectivity index (χ1) is 9.99. The molecule has 0 bridgehead atoms. The second kappa shape index (κ2) is 7.35.